The van der Waals surface area contributed by atoms with Gasteiger partial charge in [0.15, 0.2) is 0 Å². The van der Waals surface area contributed by atoms with Gasteiger partial charge in [0.25, 0.3) is 0 Å². The summed E-state index contributed by atoms with van der Waals surface area (Å²) in [5.74, 6) is 2.06. The van der Waals surface area contributed by atoms with Crippen LogP contribution in [0.4, 0.5) is 5.69 Å². The van der Waals surface area contributed by atoms with Crippen molar-refractivity contribution in [1.82, 2.24) is 0 Å². The summed E-state index contributed by atoms with van der Waals surface area (Å²) in [7, 11) is 1.68. The number of methoxy groups -OCH3 is 1. The Kier molecular flexibility index (Phi) is 5.95. The van der Waals surface area contributed by atoms with Crippen molar-refractivity contribution in [1.29, 1.82) is 0 Å². The summed E-state index contributed by atoms with van der Waals surface area (Å²) >= 11 is 5.33. The molecule has 0 aliphatic carbocycles. The summed E-state index contributed by atoms with van der Waals surface area (Å²) in [5, 5.41) is 3.37. The lowest BCUT2D eigenvalue weighted by atomic mass is 10.3. The van der Waals surface area contributed by atoms with Gasteiger partial charge in [-0.15, -0.1) is 0 Å². The highest BCUT2D eigenvalue weighted by Crippen LogP contribution is 2.24. The van der Waals surface area contributed by atoms with Crippen molar-refractivity contribution in [2.24, 2.45) is 0 Å². The summed E-state index contributed by atoms with van der Waals surface area (Å²) in [4.78, 5) is 0. The Labute approximate surface area is 104 Å². The van der Waals surface area contributed by atoms with E-state index in [1.807, 2.05) is 23.9 Å². The van der Waals surface area contributed by atoms with E-state index in [-0.39, 0.29) is 0 Å². The number of hydrogen-bond acceptors (Lipinski definition) is 3. The molecule has 0 aliphatic heterocycles. The molecule has 0 saturated carbocycles. The van der Waals surface area contributed by atoms with Gasteiger partial charge in [-0.1, -0.05) is 15.9 Å². The maximum absolute atomic E-state index is 5.19. The molecule has 2 nitrogen and oxygen atoms in total. The molecule has 1 aromatic carbocycles. The lowest BCUT2D eigenvalue weighted by molar-refractivity contribution is 0.414. The zero-order chi connectivity index (χ0) is 11.1. The molecule has 1 N–H and O–H groups in total. The van der Waals surface area contributed by atoms with Crippen molar-refractivity contribution in [2.75, 3.05) is 31.0 Å². The van der Waals surface area contributed by atoms with E-state index in [1.165, 1.54) is 12.2 Å². The molecule has 0 unspecified atom stereocenters. The van der Waals surface area contributed by atoms with Crippen LogP contribution < -0.4 is 10.1 Å². The molecule has 0 amide bonds. The monoisotopic (exact) mass is 289 g/mol. The predicted octanol–water partition coefficient (Wildman–Crippen LogP) is 3.62. The van der Waals surface area contributed by atoms with E-state index in [2.05, 4.69) is 33.6 Å². The first kappa shape index (κ1) is 12.7. The van der Waals surface area contributed by atoms with Crippen molar-refractivity contribution in [3.8, 4) is 5.75 Å². The second-order valence-corrected chi connectivity index (χ2v) is 5.05. The van der Waals surface area contributed by atoms with Crippen LogP contribution in [-0.2, 0) is 0 Å². The van der Waals surface area contributed by atoms with Crippen LogP contribution in [0.2, 0.25) is 0 Å². The summed E-state index contributed by atoms with van der Waals surface area (Å²) in [6.45, 7) is 1.00. The molecule has 0 bridgehead atoms. The Morgan fingerprint density at radius 3 is 2.87 bits per heavy atom. The molecule has 15 heavy (non-hydrogen) atoms. The first-order valence-corrected chi connectivity index (χ1v) is 7.02. The van der Waals surface area contributed by atoms with E-state index in [1.54, 1.807) is 7.11 Å². The van der Waals surface area contributed by atoms with Crippen LogP contribution in [0, 0.1) is 0 Å². The second-order valence-electron chi connectivity index (χ2n) is 3.15. The largest absolute Gasteiger partial charge is 0.497 e. The number of halogens is 1. The normalized spacial score (nSPS) is 10.1. The van der Waals surface area contributed by atoms with Crippen LogP contribution in [-0.4, -0.2) is 25.7 Å². The summed E-state index contributed by atoms with van der Waals surface area (Å²) < 4.78 is 6.23. The molecule has 0 radical (unpaired) electrons. The minimum atomic E-state index is 0.872. The number of ether oxygens (including phenoxy) is 1. The van der Waals surface area contributed by atoms with Gasteiger partial charge in [0.1, 0.15) is 5.75 Å². The average Bonchev–Trinajstić information content (AvgIpc) is 2.23. The minimum Gasteiger partial charge on any atom is -0.497 e. The lowest BCUT2D eigenvalue weighted by Gasteiger charge is -2.08. The topological polar surface area (TPSA) is 21.3 Å². The van der Waals surface area contributed by atoms with Crippen molar-refractivity contribution >= 4 is 33.4 Å². The molecule has 0 saturated heterocycles. The van der Waals surface area contributed by atoms with Crippen molar-refractivity contribution < 1.29 is 4.74 Å². The molecular formula is C11H16BrNOS. The SMILES string of the molecule is COc1cc(Br)cc(NCCCSC)c1. The van der Waals surface area contributed by atoms with E-state index >= 15 is 0 Å². The smallest absolute Gasteiger partial charge is 0.122 e. The summed E-state index contributed by atoms with van der Waals surface area (Å²) in [6.07, 6.45) is 3.30. The Hall–Kier alpha value is -0.350. The zero-order valence-corrected chi connectivity index (χ0v) is 11.5. The highest BCUT2D eigenvalue weighted by molar-refractivity contribution is 9.10. The van der Waals surface area contributed by atoms with Gasteiger partial charge in [-0.05, 0) is 30.6 Å². The van der Waals surface area contributed by atoms with Crippen LogP contribution in [0.3, 0.4) is 0 Å². The molecule has 0 aromatic heterocycles. The number of thioether (sulfide) groups is 1. The third-order valence-electron chi connectivity index (χ3n) is 1.96. The number of nitrogens with one attached hydrogen (secondary N) is 1. The number of anilines is 1. The Morgan fingerprint density at radius 1 is 1.40 bits per heavy atom. The predicted molar refractivity (Wildman–Crippen MR) is 72.2 cm³/mol. The van der Waals surface area contributed by atoms with E-state index in [4.69, 9.17) is 4.74 Å². The van der Waals surface area contributed by atoms with Gasteiger partial charge < -0.3 is 10.1 Å². The van der Waals surface area contributed by atoms with Crippen LogP contribution in [0.5, 0.6) is 5.75 Å². The van der Waals surface area contributed by atoms with Crippen LogP contribution >= 0.6 is 27.7 Å². The lowest BCUT2D eigenvalue weighted by Crippen LogP contribution is -2.02. The van der Waals surface area contributed by atoms with E-state index in [9.17, 15) is 0 Å². The van der Waals surface area contributed by atoms with Gasteiger partial charge in [-0.2, -0.15) is 11.8 Å². The van der Waals surface area contributed by atoms with Crippen LogP contribution in [0.15, 0.2) is 22.7 Å². The minimum absolute atomic E-state index is 0.872. The molecule has 1 rings (SSSR count). The molecule has 0 atom stereocenters. The standard InChI is InChI=1S/C11H16BrNOS/c1-14-11-7-9(12)6-10(8-11)13-4-3-5-15-2/h6-8,13H,3-5H2,1-2H3. The third-order valence-corrected chi connectivity index (χ3v) is 3.12. The van der Waals surface area contributed by atoms with Gasteiger partial charge >= 0.3 is 0 Å². The van der Waals surface area contributed by atoms with E-state index in [0.29, 0.717) is 0 Å². The highest BCUT2D eigenvalue weighted by atomic mass is 79.9. The molecular weight excluding hydrogens is 274 g/mol. The van der Waals surface area contributed by atoms with Crippen molar-refractivity contribution in [3.63, 3.8) is 0 Å². The maximum Gasteiger partial charge on any atom is 0.122 e. The number of rotatable bonds is 6. The molecule has 4 heteroatoms. The molecule has 84 valence electrons. The van der Waals surface area contributed by atoms with Crippen LogP contribution in [0.1, 0.15) is 6.42 Å². The molecule has 0 spiro atoms. The fourth-order valence-electron chi connectivity index (χ4n) is 1.23. The fourth-order valence-corrected chi connectivity index (χ4v) is 2.14. The zero-order valence-electron chi connectivity index (χ0n) is 9.05. The quantitative estimate of drug-likeness (QED) is 0.808. The fraction of sp³-hybridized carbons (Fsp3) is 0.455. The highest BCUT2D eigenvalue weighted by Gasteiger charge is 1.98. The number of hydrogen-bond donors (Lipinski definition) is 1. The van der Waals surface area contributed by atoms with E-state index < -0.39 is 0 Å². The average molecular weight is 290 g/mol. The van der Waals surface area contributed by atoms with Crippen LogP contribution in [0.25, 0.3) is 0 Å². The van der Waals surface area contributed by atoms with Gasteiger partial charge in [0.05, 0.1) is 7.11 Å². The molecule has 0 aliphatic rings. The van der Waals surface area contributed by atoms with Gasteiger partial charge in [0, 0.05) is 22.8 Å². The third kappa shape index (κ3) is 4.80. The summed E-state index contributed by atoms with van der Waals surface area (Å²) in [5.41, 5.74) is 1.10. The second kappa shape index (κ2) is 7.01. The Balaban J connectivity index is 2.49. The first-order chi connectivity index (χ1) is 7.26. The maximum atomic E-state index is 5.19. The van der Waals surface area contributed by atoms with Gasteiger partial charge in [-0.25, -0.2) is 0 Å². The van der Waals surface area contributed by atoms with Gasteiger partial charge in [-0.3, -0.25) is 0 Å². The Morgan fingerprint density at radius 2 is 2.20 bits per heavy atom. The Bertz CT molecular complexity index is 307. The molecule has 0 heterocycles. The van der Waals surface area contributed by atoms with Crippen molar-refractivity contribution in [3.05, 3.63) is 22.7 Å². The van der Waals surface area contributed by atoms with Gasteiger partial charge in [0.2, 0.25) is 0 Å². The summed E-state index contributed by atoms with van der Waals surface area (Å²) in [6, 6.07) is 6.01. The van der Waals surface area contributed by atoms with E-state index in [0.717, 1.165) is 22.5 Å². The molecule has 1 aromatic rings. The first-order valence-electron chi connectivity index (χ1n) is 4.83. The van der Waals surface area contributed by atoms with Crippen molar-refractivity contribution in [2.45, 2.75) is 6.42 Å². The molecule has 0 fully saturated rings. The number of benzene rings is 1.